The van der Waals surface area contributed by atoms with E-state index in [0.29, 0.717) is 15.8 Å². The summed E-state index contributed by atoms with van der Waals surface area (Å²) in [5, 5.41) is 4.11. The van der Waals surface area contributed by atoms with Gasteiger partial charge < -0.3 is 11.1 Å². The highest BCUT2D eigenvalue weighted by Gasteiger charge is 2.08. The molecule has 5 heteroatoms. The van der Waals surface area contributed by atoms with E-state index in [1.165, 1.54) is 6.07 Å². The largest absolute Gasteiger partial charge is 0.397 e. The van der Waals surface area contributed by atoms with Crippen molar-refractivity contribution in [2.24, 2.45) is 0 Å². The maximum Gasteiger partial charge on any atom is 0.139 e. The molecule has 3 nitrogen and oxygen atoms in total. The quantitative estimate of drug-likeness (QED) is 0.681. The number of aromatic nitrogens is 1. The Morgan fingerprint density at radius 2 is 1.95 bits per heavy atom. The van der Waals surface area contributed by atoms with Crippen LogP contribution >= 0.6 is 15.9 Å². The molecule has 3 rings (SSSR count). The summed E-state index contributed by atoms with van der Waals surface area (Å²) in [5.41, 5.74) is 8.61. The number of nitrogens with one attached hydrogen (secondary N) is 1. The van der Waals surface area contributed by atoms with Crippen molar-refractivity contribution in [2.75, 3.05) is 11.1 Å². The number of hydrogen-bond donors (Lipinski definition) is 2. The van der Waals surface area contributed by atoms with Gasteiger partial charge in [-0.15, -0.1) is 0 Å². The van der Waals surface area contributed by atoms with E-state index in [9.17, 15) is 4.39 Å². The molecule has 0 radical (unpaired) electrons. The van der Waals surface area contributed by atoms with Crippen molar-refractivity contribution >= 4 is 43.9 Å². The number of halogens is 2. The van der Waals surface area contributed by atoms with Crippen LogP contribution in [0.2, 0.25) is 0 Å². The molecule has 0 spiro atoms. The minimum Gasteiger partial charge on any atom is -0.397 e. The third kappa shape index (κ3) is 2.32. The molecule has 1 aromatic heterocycles. The minimum absolute atomic E-state index is 0.347. The van der Waals surface area contributed by atoms with E-state index >= 15 is 0 Å². The number of fused-ring (bicyclic) bond motifs is 1. The van der Waals surface area contributed by atoms with Crippen LogP contribution in [0.25, 0.3) is 10.9 Å². The summed E-state index contributed by atoms with van der Waals surface area (Å²) in [6.45, 7) is 0. The number of nitrogens with two attached hydrogens (primary N) is 1. The van der Waals surface area contributed by atoms with E-state index in [-0.39, 0.29) is 5.82 Å². The fourth-order valence-corrected chi connectivity index (χ4v) is 2.39. The van der Waals surface area contributed by atoms with E-state index in [1.54, 1.807) is 12.3 Å². The van der Waals surface area contributed by atoms with Crippen LogP contribution in [0, 0.1) is 5.82 Å². The third-order valence-electron chi connectivity index (χ3n) is 3.01. The molecule has 2 aromatic carbocycles. The Kier molecular flexibility index (Phi) is 3.28. The number of pyridine rings is 1. The number of benzene rings is 2. The molecular weight excluding hydrogens is 321 g/mol. The van der Waals surface area contributed by atoms with Crippen LogP contribution in [0.1, 0.15) is 0 Å². The summed E-state index contributed by atoms with van der Waals surface area (Å²) in [7, 11) is 0. The van der Waals surface area contributed by atoms with Crippen LogP contribution in [-0.2, 0) is 0 Å². The first kappa shape index (κ1) is 12.9. The molecular formula is C15H11BrFN3. The third-order valence-corrected chi connectivity index (χ3v) is 3.62. The SMILES string of the molecule is Nc1cc(Br)c(F)cc1Nc1cccc2ncccc12. The van der Waals surface area contributed by atoms with Gasteiger partial charge in [0.05, 0.1) is 21.4 Å². The van der Waals surface area contributed by atoms with Gasteiger partial charge in [0.15, 0.2) is 0 Å². The predicted molar refractivity (Wildman–Crippen MR) is 83.5 cm³/mol. The lowest BCUT2D eigenvalue weighted by Gasteiger charge is -2.12. The van der Waals surface area contributed by atoms with Crippen molar-refractivity contribution in [3.63, 3.8) is 0 Å². The number of nitrogens with zero attached hydrogens (tertiary/aromatic N) is 1. The highest BCUT2D eigenvalue weighted by Crippen LogP contribution is 2.31. The average Bonchev–Trinajstić information content (AvgIpc) is 2.45. The first-order chi connectivity index (χ1) is 9.65. The van der Waals surface area contributed by atoms with Crippen molar-refractivity contribution in [2.45, 2.75) is 0 Å². The lowest BCUT2D eigenvalue weighted by Crippen LogP contribution is -1.98. The zero-order chi connectivity index (χ0) is 14.1. The fourth-order valence-electron chi connectivity index (χ4n) is 2.03. The Hall–Kier alpha value is -2.14. The molecule has 3 N–H and O–H groups in total. The maximum atomic E-state index is 13.6. The van der Waals surface area contributed by atoms with Gasteiger partial charge in [-0.25, -0.2) is 4.39 Å². The minimum atomic E-state index is -0.361. The van der Waals surface area contributed by atoms with E-state index < -0.39 is 0 Å². The van der Waals surface area contributed by atoms with Crippen molar-refractivity contribution in [1.82, 2.24) is 4.98 Å². The number of anilines is 3. The van der Waals surface area contributed by atoms with Gasteiger partial charge in [0.2, 0.25) is 0 Å². The monoisotopic (exact) mass is 331 g/mol. The molecule has 1 heterocycles. The second-order valence-electron chi connectivity index (χ2n) is 4.35. The Bertz CT molecular complexity index is 784. The molecule has 0 unspecified atom stereocenters. The summed E-state index contributed by atoms with van der Waals surface area (Å²) < 4.78 is 14.0. The standard InChI is InChI=1S/C15H11BrFN3/c16-10-7-12(18)15(8-11(10)17)20-14-5-1-4-13-9(14)3-2-6-19-13/h1-8,20H,18H2. The summed E-state index contributed by atoms with van der Waals surface area (Å²) >= 11 is 3.11. The summed E-state index contributed by atoms with van der Waals surface area (Å²) in [6.07, 6.45) is 1.74. The summed E-state index contributed by atoms with van der Waals surface area (Å²) in [5.74, 6) is -0.361. The van der Waals surface area contributed by atoms with E-state index in [0.717, 1.165) is 16.6 Å². The molecule has 0 fully saturated rings. The van der Waals surface area contributed by atoms with Crippen LogP contribution in [0.15, 0.2) is 53.1 Å². The molecule has 0 saturated heterocycles. The molecule has 0 aliphatic heterocycles. The summed E-state index contributed by atoms with van der Waals surface area (Å²) in [4.78, 5) is 4.28. The number of nitrogen functional groups attached to an aromatic ring is 1. The van der Waals surface area contributed by atoms with Crippen LogP contribution in [0.4, 0.5) is 21.5 Å². The molecule has 100 valence electrons. The van der Waals surface area contributed by atoms with Gasteiger partial charge in [-0.05, 0) is 46.3 Å². The van der Waals surface area contributed by atoms with Crippen molar-refractivity contribution < 1.29 is 4.39 Å². The Morgan fingerprint density at radius 3 is 2.80 bits per heavy atom. The highest BCUT2D eigenvalue weighted by molar-refractivity contribution is 9.10. The molecule has 0 aliphatic carbocycles. The van der Waals surface area contributed by atoms with Gasteiger partial charge in [0.25, 0.3) is 0 Å². The zero-order valence-electron chi connectivity index (χ0n) is 10.4. The van der Waals surface area contributed by atoms with Gasteiger partial charge in [-0.3, -0.25) is 4.98 Å². The molecule has 0 aliphatic rings. The highest BCUT2D eigenvalue weighted by atomic mass is 79.9. The van der Waals surface area contributed by atoms with Gasteiger partial charge in [0, 0.05) is 23.3 Å². The van der Waals surface area contributed by atoms with Crippen molar-refractivity contribution in [3.05, 3.63) is 59.0 Å². The second-order valence-corrected chi connectivity index (χ2v) is 5.21. The summed E-state index contributed by atoms with van der Waals surface area (Å²) in [6, 6.07) is 12.4. The molecule has 0 atom stereocenters. The van der Waals surface area contributed by atoms with Gasteiger partial charge in [-0.2, -0.15) is 0 Å². The normalized spacial score (nSPS) is 10.7. The topological polar surface area (TPSA) is 50.9 Å². The van der Waals surface area contributed by atoms with Crippen molar-refractivity contribution in [1.29, 1.82) is 0 Å². The average molecular weight is 332 g/mol. The number of hydrogen-bond acceptors (Lipinski definition) is 3. The molecule has 0 amide bonds. The van der Waals surface area contributed by atoms with Crippen LogP contribution in [0.3, 0.4) is 0 Å². The lowest BCUT2D eigenvalue weighted by molar-refractivity contribution is 0.622. The Morgan fingerprint density at radius 1 is 1.10 bits per heavy atom. The van der Waals surface area contributed by atoms with Crippen molar-refractivity contribution in [3.8, 4) is 0 Å². The molecule has 0 saturated carbocycles. The lowest BCUT2D eigenvalue weighted by atomic mass is 10.1. The van der Waals surface area contributed by atoms with E-state index in [2.05, 4.69) is 26.2 Å². The van der Waals surface area contributed by atoms with Gasteiger partial charge in [0.1, 0.15) is 5.82 Å². The Labute approximate surface area is 123 Å². The number of rotatable bonds is 2. The zero-order valence-corrected chi connectivity index (χ0v) is 12.0. The van der Waals surface area contributed by atoms with Gasteiger partial charge >= 0.3 is 0 Å². The second kappa shape index (κ2) is 5.09. The molecule has 0 bridgehead atoms. The maximum absolute atomic E-state index is 13.6. The van der Waals surface area contributed by atoms with E-state index in [4.69, 9.17) is 5.73 Å². The van der Waals surface area contributed by atoms with Crippen LogP contribution < -0.4 is 11.1 Å². The Balaban J connectivity index is 2.08. The smallest absolute Gasteiger partial charge is 0.139 e. The van der Waals surface area contributed by atoms with Crippen LogP contribution in [-0.4, -0.2) is 4.98 Å². The van der Waals surface area contributed by atoms with E-state index in [1.807, 2.05) is 30.3 Å². The first-order valence-electron chi connectivity index (χ1n) is 6.00. The molecule has 20 heavy (non-hydrogen) atoms. The predicted octanol–water partition coefficient (Wildman–Crippen LogP) is 4.46. The van der Waals surface area contributed by atoms with Crippen LogP contribution in [0.5, 0.6) is 0 Å². The molecule has 3 aromatic rings. The fraction of sp³-hybridized carbons (Fsp3) is 0. The first-order valence-corrected chi connectivity index (χ1v) is 6.80. The van der Waals surface area contributed by atoms with Gasteiger partial charge in [-0.1, -0.05) is 6.07 Å².